The highest BCUT2D eigenvalue weighted by molar-refractivity contribution is 7.99. The zero-order valence-electron chi connectivity index (χ0n) is 22.8. The van der Waals surface area contributed by atoms with E-state index in [2.05, 4.69) is 16.8 Å². The van der Waals surface area contributed by atoms with Crippen LogP contribution in [-0.2, 0) is 30.3 Å². The highest BCUT2D eigenvalue weighted by atomic mass is 32.2. The Hall–Kier alpha value is -2.36. The summed E-state index contributed by atoms with van der Waals surface area (Å²) < 4.78 is 11.1. The summed E-state index contributed by atoms with van der Waals surface area (Å²) in [5.74, 6) is -0.509. The minimum atomic E-state index is -0.643. The van der Waals surface area contributed by atoms with Gasteiger partial charge in [-0.05, 0) is 68.0 Å². The molecule has 1 fully saturated rings. The molecule has 1 amide bonds. The van der Waals surface area contributed by atoms with Crippen LogP contribution in [0, 0.1) is 0 Å². The summed E-state index contributed by atoms with van der Waals surface area (Å²) in [6.45, 7) is 8.10. The van der Waals surface area contributed by atoms with Crippen LogP contribution in [0.5, 0.6) is 0 Å². The topological polar surface area (TPSA) is 84.9 Å². The zero-order chi connectivity index (χ0) is 27.5. The van der Waals surface area contributed by atoms with E-state index in [9.17, 15) is 14.4 Å². The standard InChI is InChI=1S/C29H40N2O5S2/c1-5-6-15-35-28(34)23(13-12-21-10-8-7-9-11-21)30-24-20-38-25(22-14-16-37-19-22)17-31(27(24)33)18-26(32)36-29(2,3)4/h7-11,14,16,19,23-25,30H,5-6,12-13,15,17-18,20H2,1-4H3. The first kappa shape index (κ1) is 30.2. The molecule has 1 saturated heterocycles. The quantitative estimate of drug-likeness (QED) is 0.289. The van der Waals surface area contributed by atoms with Gasteiger partial charge in [0.2, 0.25) is 5.91 Å². The number of amides is 1. The molecule has 0 saturated carbocycles. The average Bonchev–Trinajstić information content (AvgIpc) is 3.36. The monoisotopic (exact) mass is 560 g/mol. The maximum Gasteiger partial charge on any atom is 0.326 e. The van der Waals surface area contributed by atoms with E-state index < -0.39 is 23.7 Å². The summed E-state index contributed by atoms with van der Waals surface area (Å²) in [6, 6.07) is 10.8. The first-order valence-corrected chi connectivity index (χ1v) is 15.3. The van der Waals surface area contributed by atoms with E-state index in [1.54, 1.807) is 28.0 Å². The number of aryl methyl sites for hydroxylation is 1. The van der Waals surface area contributed by atoms with Crippen LogP contribution in [0.15, 0.2) is 47.2 Å². The van der Waals surface area contributed by atoms with E-state index in [-0.39, 0.29) is 23.7 Å². The van der Waals surface area contributed by atoms with Crippen molar-refractivity contribution in [1.29, 1.82) is 0 Å². The molecule has 0 radical (unpaired) electrons. The fraction of sp³-hybridized carbons (Fsp3) is 0.552. The number of carbonyl (C=O) groups excluding carboxylic acids is 3. The number of esters is 2. The lowest BCUT2D eigenvalue weighted by molar-refractivity contribution is -0.159. The second-order valence-electron chi connectivity index (χ2n) is 10.5. The molecule has 1 aromatic carbocycles. The Morgan fingerprint density at radius 3 is 2.61 bits per heavy atom. The molecule has 1 aliphatic rings. The zero-order valence-corrected chi connectivity index (χ0v) is 24.4. The second kappa shape index (κ2) is 14.7. The number of hydrogen-bond donors (Lipinski definition) is 1. The Labute approximate surface area is 234 Å². The first-order chi connectivity index (χ1) is 18.2. The predicted molar refractivity (Wildman–Crippen MR) is 153 cm³/mol. The Bertz CT molecular complexity index is 1020. The molecule has 1 N–H and O–H groups in total. The Morgan fingerprint density at radius 2 is 1.95 bits per heavy atom. The van der Waals surface area contributed by atoms with E-state index >= 15 is 0 Å². The number of hydrogen-bond acceptors (Lipinski definition) is 8. The number of nitrogens with zero attached hydrogens (tertiary/aromatic N) is 1. The molecule has 9 heteroatoms. The fourth-order valence-corrected chi connectivity index (χ4v) is 6.27. The van der Waals surface area contributed by atoms with Crippen LogP contribution in [0.1, 0.15) is 63.3 Å². The molecule has 1 aromatic heterocycles. The Balaban J connectivity index is 1.78. The van der Waals surface area contributed by atoms with Crippen LogP contribution < -0.4 is 5.32 Å². The molecule has 208 valence electrons. The molecular weight excluding hydrogens is 520 g/mol. The van der Waals surface area contributed by atoms with Gasteiger partial charge in [0.15, 0.2) is 0 Å². The van der Waals surface area contributed by atoms with E-state index in [1.165, 1.54) is 0 Å². The lowest BCUT2D eigenvalue weighted by atomic mass is 10.0. The molecule has 3 atom stereocenters. The lowest BCUT2D eigenvalue weighted by Crippen LogP contribution is -2.54. The summed E-state index contributed by atoms with van der Waals surface area (Å²) in [5, 5.41) is 7.45. The highest BCUT2D eigenvalue weighted by Crippen LogP contribution is 2.34. The van der Waals surface area contributed by atoms with Crippen molar-refractivity contribution in [1.82, 2.24) is 10.2 Å². The van der Waals surface area contributed by atoms with E-state index in [4.69, 9.17) is 9.47 Å². The minimum Gasteiger partial charge on any atom is -0.465 e. The molecule has 38 heavy (non-hydrogen) atoms. The van der Waals surface area contributed by atoms with Gasteiger partial charge in [-0.15, -0.1) is 11.8 Å². The van der Waals surface area contributed by atoms with Crippen molar-refractivity contribution in [2.75, 3.05) is 25.4 Å². The molecule has 1 aliphatic heterocycles. The second-order valence-corrected chi connectivity index (χ2v) is 12.5. The van der Waals surface area contributed by atoms with Gasteiger partial charge in [-0.25, -0.2) is 0 Å². The van der Waals surface area contributed by atoms with Crippen molar-refractivity contribution < 1.29 is 23.9 Å². The Morgan fingerprint density at radius 1 is 1.18 bits per heavy atom. The summed E-state index contributed by atoms with van der Waals surface area (Å²) in [5.41, 5.74) is 1.60. The largest absolute Gasteiger partial charge is 0.465 e. The van der Waals surface area contributed by atoms with Gasteiger partial charge in [-0.2, -0.15) is 11.3 Å². The predicted octanol–water partition coefficient (Wildman–Crippen LogP) is 5.01. The van der Waals surface area contributed by atoms with E-state index in [0.29, 0.717) is 31.7 Å². The van der Waals surface area contributed by atoms with E-state index in [1.807, 2.05) is 63.4 Å². The maximum atomic E-state index is 13.7. The molecule has 2 heterocycles. The maximum absolute atomic E-state index is 13.7. The van der Waals surface area contributed by atoms with Crippen molar-refractivity contribution >= 4 is 40.9 Å². The highest BCUT2D eigenvalue weighted by Gasteiger charge is 2.36. The van der Waals surface area contributed by atoms with Gasteiger partial charge < -0.3 is 14.4 Å². The molecule has 7 nitrogen and oxygen atoms in total. The molecule has 0 aliphatic carbocycles. The van der Waals surface area contributed by atoms with Gasteiger partial charge in [-0.3, -0.25) is 19.7 Å². The lowest BCUT2D eigenvalue weighted by Gasteiger charge is -2.28. The van der Waals surface area contributed by atoms with Gasteiger partial charge >= 0.3 is 11.9 Å². The number of carbonyl (C=O) groups is 3. The number of nitrogens with one attached hydrogen (secondary N) is 1. The first-order valence-electron chi connectivity index (χ1n) is 13.3. The van der Waals surface area contributed by atoms with Gasteiger partial charge in [0.1, 0.15) is 18.2 Å². The van der Waals surface area contributed by atoms with Crippen LogP contribution in [0.4, 0.5) is 0 Å². The fourth-order valence-electron chi connectivity index (χ4n) is 4.18. The summed E-state index contributed by atoms with van der Waals surface area (Å²) in [6.07, 6.45) is 2.90. The average molecular weight is 561 g/mol. The molecule has 3 rings (SSSR count). The SMILES string of the molecule is CCCCOC(=O)C(CCc1ccccc1)NC1CSC(c2ccsc2)CN(CC(=O)OC(C)(C)C)C1=O. The van der Waals surface area contributed by atoms with Crippen LogP contribution in [0.3, 0.4) is 0 Å². The van der Waals surface area contributed by atoms with Crippen molar-refractivity contribution in [3.63, 3.8) is 0 Å². The van der Waals surface area contributed by atoms with E-state index in [0.717, 1.165) is 24.0 Å². The van der Waals surface area contributed by atoms with Crippen LogP contribution >= 0.6 is 23.1 Å². The number of rotatable bonds is 12. The summed E-state index contributed by atoms with van der Waals surface area (Å²) in [7, 11) is 0. The van der Waals surface area contributed by atoms with Crippen LogP contribution in [0.2, 0.25) is 0 Å². The van der Waals surface area contributed by atoms with Crippen LogP contribution in [0.25, 0.3) is 0 Å². The smallest absolute Gasteiger partial charge is 0.326 e. The normalized spacial score (nSPS) is 19.1. The third-order valence-electron chi connectivity index (χ3n) is 6.11. The van der Waals surface area contributed by atoms with Crippen molar-refractivity contribution in [3.05, 3.63) is 58.3 Å². The molecular formula is C29H40N2O5S2. The van der Waals surface area contributed by atoms with Gasteiger partial charge in [0.05, 0.1) is 12.6 Å². The number of thioether (sulfide) groups is 1. The number of ether oxygens (including phenoxy) is 2. The molecule has 0 spiro atoms. The summed E-state index contributed by atoms with van der Waals surface area (Å²) in [4.78, 5) is 41.1. The van der Waals surface area contributed by atoms with Crippen molar-refractivity contribution in [2.45, 2.75) is 76.3 Å². The third kappa shape index (κ3) is 9.75. The molecule has 0 bridgehead atoms. The summed E-state index contributed by atoms with van der Waals surface area (Å²) >= 11 is 3.27. The number of benzene rings is 1. The van der Waals surface area contributed by atoms with Gasteiger partial charge in [0, 0.05) is 17.5 Å². The molecule has 3 unspecified atom stereocenters. The van der Waals surface area contributed by atoms with Crippen molar-refractivity contribution in [2.24, 2.45) is 0 Å². The molecule has 2 aromatic rings. The minimum absolute atomic E-state index is 0.0266. The van der Waals surface area contributed by atoms with Crippen molar-refractivity contribution in [3.8, 4) is 0 Å². The van der Waals surface area contributed by atoms with Gasteiger partial charge in [0.25, 0.3) is 0 Å². The number of thiophene rings is 1. The Kier molecular flexibility index (Phi) is 11.7. The van der Waals surface area contributed by atoms with Gasteiger partial charge in [-0.1, -0.05) is 43.7 Å². The third-order valence-corrected chi connectivity index (χ3v) is 8.16. The number of unbranched alkanes of at least 4 members (excludes halogenated alkanes) is 1. The van der Waals surface area contributed by atoms with Crippen LogP contribution in [-0.4, -0.2) is 65.9 Å².